The van der Waals surface area contributed by atoms with Crippen molar-refractivity contribution in [2.24, 2.45) is 11.7 Å². The fourth-order valence-corrected chi connectivity index (χ4v) is 3.09. The van der Waals surface area contributed by atoms with Crippen LogP contribution in [0.25, 0.3) is 0 Å². The summed E-state index contributed by atoms with van der Waals surface area (Å²) >= 11 is 0. The summed E-state index contributed by atoms with van der Waals surface area (Å²) in [4.78, 5) is 14.3. The molecule has 0 spiro atoms. The summed E-state index contributed by atoms with van der Waals surface area (Å²) in [6, 6.07) is 8.75. The monoisotopic (exact) mass is 274 g/mol. The molecule has 2 rings (SSSR count). The van der Waals surface area contributed by atoms with Crippen molar-refractivity contribution in [1.82, 2.24) is 4.90 Å². The molecule has 110 valence electrons. The van der Waals surface area contributed by atoms with Gasteiger partial charge in [-0.25, -0.2) is 0 Å². The number of nitrogens with zero attached hydrogens (tertiary/aromatic N) is 1. The summed E-state index contributed by atoms with van der Waals surface area (Å²) < 4.78 is 0. The first kappa shape index (κ1) is 15.0. The van der Waals surface area contributed by atoms with Crippen LogP contribution in [-0.2, 0) is 11.2 Å². The lowest BCUT2D eigenvalue weighted by Gasteiger charge is -2.26. The van der Waals surface area contributed by atoms with Gasteiger partial charge in [-0.15, -0.1) is 0 Å². The van der Waals surface area contributed by atoms with E-state index in [0.29, 0.717) is 18.9 Å². The minimum Gasteiger partial charge on any atom is -0.339 e. The van der Waals surface area contributed by atoms with E-state index in [4.69, 9.17) is 5.73 Å². The molecule has 0 aliphatic heterocycles. The van der Waals surface area contributed by atoms with Gasteiger partial charge in [-0.3, -0.25) is 4.79 Å². The van der Waals surface area contributed by atoms with E-state index in [1.165, 1.54) is 11.1 Å². The van der Waals surface area contributed by atoms with Crippen LogP contribution < -0.4 is 5.73 Å². The van der Waals surface area contributed by atoms with E-state index in [2.05, 4.69) is 31.2 Å². The molecule has 1 aromatic rings. The van der Waals surface area contributed by atoms with E-state index in [0.717, 1.165) is 25.7 Å². The van der Waals surface area contributed by atoms with Crippen LogP contribution in [0.1, 0.15) is 49.8 Å². The minimum absolute atomic E-state index is 0.260. The van der Waals surface area contributed by atoms with Gasteiger partial charge in [0.2, 0.25) is 5.91 Å². The van der Waals surface area contributed by atoms with Gasteiger partial charge in [0.15, 0.2) is 0 Å². The van der Waals surface area contributed by atoms with Crippen molar-refractivity contribution >= 4 is 5.91 Å². The molecule has 0 saturated heterocycles. The molecule has 0 bridgehead atoms. The van der Waals surface area contributed by atoms with Crippen LogP contribution >= 0.6 is 0 Å². The third-order valence-electron chi connectivity index (χ3n) is 4.47. The highest BCUT2D eigenvalue weighted by Gasteiger charge is 2.28. The highest BCUT2D eigenvalue weighted by molar-refractivity contribution is 5.76. The van der Waals surface area contributed by atoms with Crippen molar-refractivity contribution in [2.45, 2.75) is 45.1 Å². The van der Waals surface area contributed by atoms with Crippen molar-refractivity contribution in [3.05, 3.63) is 35.4 Å². The summed E-state index contributed by atoms with van der Waals surface area (Å²) in [5.74, 6) is 0.795. The van der Waals surface area contributed by atoms with Gasteiger partial charge in [-0.2, -0.15) is 0 Å². The maximum Gasteiger partial charge on any atom is 0.222 e. The van der Waals surface area contributed by atoms with Gasteiger partial charge in [0.25, 0.3) is 0 Å². The molecule has 0 radical (unpaired) electrons. The average Bonchev–Trinajstić information content (AvgIpc) is 2.88. The molecule has 0 saturated carbocycles. The molecule has 1 aliphatic carbocycles. The van der Waals surface area contributed by atoms with Gasteiger partial charge in [0.1, 0.15) is 0 Å². The van der Waals surface area contributed by atoms with Crippen molar-refractivity contribution in [2.75, 3.05) is 13.6 Å². The molecule has 1 amide bonds. The topological polar surface area (TPSA) is 46.3 Å². The highest BCUT2D eigenvalue weighted by Crippen LogP contribution is 2.35. The number of aryl methyl sites for hydroxylation is 1. The van der Waals surface area contributed by atoms with Crippen LogP contribution in [0, 0.1) is 5.92 Å². The Morgan fingerprint density at radius 2 is 2.15 bits per heavy atom. The largest absolute Gasteiger partial charge is 0.339 e. The maximum atomic E-state index is 12.3. The zero-order valence-electron chi connectivity index (χ0n) is 12.6. The van der Waals surface area contributed by atoms with Crippen LogP contribution in [0.4, 0.5) is 0 Å². The van der Waals surface area contributed by atoms with E-state index < -0.39 is 0 Å². The van der Waals surface area contributed by atoms with Crippen LogP contribution in [0.5, 0.6) is 0 Å². The summed E-state index contributed by atoms with van der Waals surface area (Å²) in [5.41, 5.74) is 8.28. The zero-order chi connectivity index (χ0) is 14.5. The predicted molar refractivity (Wildman–Crippen MR) is 82.3 cm³/mol. The number of fused-ring (bicyclic) bond motifs is 1. The second-order valence-corrected chi connectivity index (χ2v) is 5.98. The Labute approximate surface area is 122 Å². The highest BCUT2D eigenvalue weighted by atomic mass is 16.2. The first-order valence-corrected chi connectivity index (χ1v) is 7.67. The number of nitrogens with two attached hydrogens (primary N) is 1. The van der Waals surface area contributed by atoms with Gasteiger partial charge in [-0.1, -0.05) is 31.2 Å². The van der Waals surface area contributed by atoms with Crippen LogP contribution in [-0.4, -0.2) is 24.4 Å². The van der Waals surface area contributed by atoms with E-state index in [1.807, 2.05) is 11.9 Å². The number of rotatable bonds is 6. The smallest absolute Gasteiger partial charge is 0.222 e. The van der Waals surface area contributed by atoms with Gasteiger partial charge in [0, 0.05) is 13.5 Å². The summed E-state index contributed by atoms with van der Waals surface area (Å²) in [5, 5.41) is 0. The summed E-state index contributed by atoms with van der Waals surface area (Å²) in [6.07, 6.45) is 4.72. The van der Waals surface area contributed by atoms with Gasteiger partial charge in [-0.05, 0) is 49.3 Å². The van der Waals surface area contributed by atoms with Crippen molar-refractivity contribution in [3.63, 3.8) is 0 Å². The minimum atomic E-state index is 0.260. The second kappa shape index (κ2) is 6.89. The molecule has 3 heteroatoms. The van der Waals surface area contributed by atoms with E-state index in [-0.39, 0.29) is 11.9 Å². The van der Waals surface area contributed by atoms with E-state index in [9.17, 15) is 4.79 Å². The standard InChI is InChI=1S/C17H26N2O/c1-13(11-12-18)7-10-17(20)19(2)16-9-8-14-5-3-4-6-15(14)16/h3-6,13,16H,7-12,18H2,1-2H3. The first-order valence-electron chi connectivity index (χ1n) is 7.67. The quantitative estimate of drug-likeness (QED) is 0.867. The van der Waals surface area contributed by atoms with Crippen molar-refractivity contribution in [1.29, 1.82) is 0 Å². The molecule has 2 unspecified atom stereocenters. The molecule has 2 atom stereocenters. The lowest BCUT2D eigenvalue weighted by molar-refractivity contribution is -0.132. The molecular weight excluding hydrogens is 248 g/mol. The molecule has 1 aliphatic rings. The number of hydrogen-bond donors (Lipinski definition) is 1. The third kappa shape index (κ3) is 3.40. The lowest BCUT2D eigenvalue weighted by atomic mass is 10.0. The molecule has 2 N–H and O–H groups in total. The molecule has 0 fully saturated rings. The fraction of sp³-hybridized carbons (Fsp3) is 0.588. The maximum absolute atomic E-state index is 12.3. The zero-order valence-corrected chi connectivity index (χ0v) is 12.6. The Kier molecular flexibility index (Phi) is 5.18. The Morgan fingerprint density at radius 1 is 1.40 bits per heavy atom. The average molecular weight is 274 g/mol. The number of carbonyl (C=O) groups excluding carboxylic acids is 1. The first-order chi connectivity index (χ1) is 9.63. The normalized spacial score (nSPS) is 18.6. The molecule has 0 aromatic heterocycles. The van der Waals surface area contributed by atoms with Gasteiger partial charge < -0.3 is 10.6 Å². The van der Waals surface area contributed by atoms with Gasteiger partial charge >= 0.3 is 0 Å². The summed E-state index contributed by atoms with van der Waals surface area (Å²) in [6.45, 7) is 2.88. The Bertz CT molecular complexity index is 458. The second-order valence-electron chi connectivity index (χ2n) is 5.98. The Morgan fingerprint density at radius 3 is 2.90 bits per heavy atom. The number of amides is 1. The molecule has 20 heavy (non-hydrogen) atoms. The number of hydrogen-bond acceptors (Lipinski definition) is 2. The van der Waals surface area contributed by atoms with Crippen molar-refractivity contribution < 1.29 is 4.79 Å². The molecular formula is C17H26N2O. The number of benzene rings is 1. The Hall–Kier alpha value is -1.35. The molecule has 3 nitrogen and oxygen atoms in total. The number of carbonyl (C=O) groups is 1. The van der Waals surface area contributed by atoms with Crippen LogP contribution in [0.15, 0.2) is 24.3 Å². The SMILES string of the molecule is CC(CCN)CCC(=O)N(C)C1CCc2ccccc21. The van der Waals surface area contributed by atoms with E-state index >= 15 is 0 Å². The summed E-state index contributed by atoms with van der Waals surface area (Å²) in [7, 11) is 1.95. The van der Waals surface area contributed by atoms with Gasteiger partial charge in [0.05, 0.1) is 6.04 Å². The molecule has 1 aromatic carbocycles. The predicted octanol–water partition coefficient (Wildman–Crippen LogP) is 2.90. The fourth-order valence-electron chi connectivity index (χ4n) is 3.09. The van der Waals surface area contributed by atoms with Crippen LogP contribution in [0.3, 0.4) is 0 Å². The lowest BCUT2D eigenvalue weighted by Crippen LogP contribution is -2.30. The third-order valence-corrected chi connectivity index (χ3v) is 4.47. The van der Waals surface area contributed by atoms with Crippen LogP contribution in [0.2, 0.25) is 0 Å². The van der Waals surface area contributed by atoms with E-state index in [1.54, 1.807) is 0 Å². The molecule has 0 heterocycles. The Balaban J connectivity index is 1.92. The van der Waals surface area contributed by atoms with Crippen molar-refractivity contribution in [3.8, 4) is 0 Å².